The van der Waals surface area contributed by atoms with Crippen LogP contribution in [-0.4, -0.2) is 60.0 Å². The van der Waals surface area contributed by atoms with Gasteiger partial charge in [0.2, 0.25) is 0 Å². The largest absolute Gasteiger partial charge is 0.357 e. The summed E-state index contributed by atoms with van der Waals surface area (Å²) in [7, 11) is 0. The van der Waals surface area contributed by atoms with Gasteiger partial charge in [0.05, 0.1) is 6.54 Å². The average molecular weight is 479 g/mol. The Morgan fingerprint density at radius 1 is 1.36 bits per heavy atom. The topological polar surface area (TPSA) is 43.8 Å². The molecule has 1 aliphatic rings. The van der Waals surface area contributed by atoms with Crippen LogP contribution in [0.2, 0.25) is 0 Å². The molecule has 2 heterocycles. The zero-order valence-electron chi connectivity index (χ0n) is 16.1. The van der Waals surface area contributed by atoms with Gasteiger partial charge in [-0.15, -0.1) is 35.3 Å². The second-order valence-corrected chi connectivity index (χ2v) is 7.53. The van der Waals surface area contributed by atoms with E-state index in [0.717, 1.165) is 56.0 Å². The number of guanidine groups is 1. The van der Waals surface area contributed by atoms with E-state index < -0.39 is 0 Å². The van der Waals surface area contributed by atoms with Crippen LogP contribution < -0.4 is 5.32 Å². The molecule has 0 bridgehead atoms. The highest BCUT2D eigenvalue weighted by molar-refractivity contribution is 14.0. The monoisotopic (exact) mass is 479 g/mol. The third kappa shape index (κ3) is 7.02. The summed E-state index contributed by atoms with van der Waals surface area (Å²) in [6.45, 7) is 16.1. The minimum Gasteiger partial charge on any atom is -0.357 e. The molecular weight excluding hydrogens is 445 g/mol. The molecule has 5 nitrogen and oxygen atoms in total. The molecule has 7 heteroatoms. The Morgan fingerprint density at radius 2 is 2.12 bits per heavy atom. The van der Waals surface area contributed by atoms with E-state index in [1.54, 1.807) is 11.3 Å². The van der Waals surface area contributed by atoms with E-state index in [0.29, 0.717) is 6.54 Å². The Balaban J connectivity index is 0.00000312. The van der Waals surface area contributed by atoms with Crippen molar-refractivity contribution in [3.05, 3.63) is 16.1 Å². The zero-order chi connectivity index (χ0) is 17.4. The number of thiazole rings is 1. The second kappa shape index (κ2) is 12.1. The van der Waals surface area contributed by atoms with Gasteiger partial charge in [-0.25, -0.2) is 9.98 Å². The summed E-state index contributed by atoms with van der Waals surface area (Å²) in [6.07, 6.45) is 4.30. The maximum Gasteiger partial charge on any atom is 0.194 e. The van der Waals surface area contributed by atoms with Gasteiger partial charge in [0.1, 0.15) is 5.01 Å². The van der Waals surface area contributed by atoms with Crippen molar-refractivity contribution in [1.82, 2.24) is 20.1 Å². The summed E-state index contributed by atoms with van der Waals surface area (Å²) >= 11 is 1.78. The molecule has 1 unspecified atom stereocenters. The molecule has 1 N–H and O–H groups in total. The lowest BCUT2D eigenvalue weighted by Crippen LogP contribution is -2.40. The Bertz CT molecular complexity index is 515. The van der Waals surface area contributed by atoms with E-state index in [1.807, 2.05) is 6.20 Å². The van der Waals surface area contributed by atoms with E-state index in [-0.39, 0.29) is 24.0 Å². The molecule has 1 saturated heterocycles. The lowest BCUT2D eigenvalue weighted by atomic mass is 10.1. The van der Waals surface area contributed by atoms with Crippen LogP contribution in [-0.2, 0) is 13.0 Å². The lowest BCUT2D eigenvalue weighted by molar-refractivity contribution is 0.255. The van der Waals surface area contributed by atoms with Crippen LogP contribution in [0.15, 0.2) is 11.2 Å². The quantitative estimate of drug-likeness (QED) is 0.353. The highest BCUT2D eigenvalue weighted by atomic mass is 127. The third-order valence-electron chi connectivity index (χ3n) is 4.65. The van der Waals surface area contributed by atoms with Crippen molar-refractivity contribution in [2.75, 3.05) is 39.3 Å². The SMILES string of the molecule is CCNC(=NCc1ncc(CC)s1)N1CCC(CN(CC)CC)C1.I. The Kier molecular flexibility index (Phi) is 10.9. The van der Waals surface area contributed by atoms with Gasteiger partial charge in [0, 0.05) is 37.3 Å². The molecule has 1 atom stereocenters. The molecule has 144 valence electrons. The first-order valence-corrected chi connectivity index (χ1v) is 10.2. The smallest absolute Gasteiger partial charge is 0.194 e. The molecule has 0 aromatic carbocycles. The normalized spacial score (nSPS) is 17.9. The van der Waals surface area contributed by atoms with Crippen molar-refractivity contribution in [2.45, 2.75) is 47.1 Å². The fraction of sp³-hybridized carbons (Fsp3) is 0.778. The van der Waals surface area contributed by atoms with Gasteiger partial charge in [-0.05, 0) is 38.8 Å². The second-order valence-electron chi connectivity index (χ2n) is 6.33. The van der Waals surface area contributed by atoms with Crippen molar-refractivity contribution < 1.29 is 0 Å². The van der Waals surface area contributed by atoms with Crippen LogP contribution in [0.4, 0.5) is 0 Å². The van der Waals surface area contributed by atoms with Gasteiger partial charge in [0.25, 0.3) is 0 Å². The van der Waals surface area contributed by atoms with Crippen molar-refractivity contribution in [3.8, 4) is 0 Å². The van der Waals surface area contributed by atoms with E-state index in [1.165, 1.54) is 17.8 Å². The number of nitrogens with one attached hydrogen (secondary N) is 1. The highest BCUT2D eigenvalue weighted by Gasteiger charge is 2.25. The van der Waals surface area contributed by atoms with E-state index in [2.05, 4.69) is 47.8 Å². The number of hydrogen-bond donors (Lipinski definition) is 1. The number of aliphatic imine (C=N–C) groups is 1. The molecule has 1 fully saturated rings. The third-order valence-corrected chi connectivity index (χ3v) is 5.77. The Morgan fingerprint density at radius 3 is 2.72 bits per heavy atom. The van der Waals surface area contributed by atoms with Crippen LogP contribution in [0.3, 0.4) is 0 Å². The predicted octanol–water partition coefficient (Wildman–Crippen LogP) is 3.45. The predicted molar refractivity (Wildman–Crippen MR) is 119 cm³/mol. The molecule has 0 aliphatic carbocycles. The Labute approximate surface area is 174 Å². The minimum absolute atomic E-state index is 0. The van der Waals surface area contributed by atoms with Crippen LogP contribution in [0, 0.1) is 5.92 Å². The van der Waals surface area contributed by atoms with Gasteiger partial charge in [-0.3, -0.25) is 0 Å². The fourth-order valence-electron chi connectivity index (χ4n) is 3.17. The summed E-state index contributed by atoms with van der Waals surface area (Å²) < 4.78 is 0. The number of aryl methyl sites for hydroxylation is 1. The van der Waals surface area contributed by atoms with E-state index >= 15 is 0 Å². The lowest BCUT2D eigenvalue weighted by Gasteiger charge is -2.24. The number of halogens is 1. The van der Waals surface area contributed by atoms with Gasteiger partial charge in [0.15, 0.2) is 5.96 Å². The number of nitrogens with zero attached hydrogens (tertiary/aromatic N) is 4. The van der Waals surface area contributed by atoms with Gasteiger partial charge < -0.3 is 15.1 Å². The maximum atomic E-state index is 4.83. The molecule has 0 saturated carbocycles. The minimum atomic E-state index is 0. The first-order chi connectivity index (χ1) is 11.7. The molecule has 1 aromatic rings. The number of hydrogen-bond acceptors (Lipinski definition) is 4. The average Bonchev–Trinajstić information content (AvgIpc) is 3.25. The molecule has 1 aromatic heterocycles. The molecule has 0 spiro atoms. The van der Waals surface area contributed by atoms with Crippen LogP contribution in [0.25, 0.3) is 0 Å². The van der Waals surface area contributed by atoms with Gasteiger partial charge in [-0.2, -0.15) is 0 Å². The number of likely N-dealkylation sites (tertiary alicyclic amines) is 1. The summed E-state index contributed by atoms with van der Waals surface area (Å²) in [5.74, 6) is 1.80. The van der Waals surface area contributed by atoms with E-state index in [9.17, 15) is 0 Å². The summed E-state index contributed by atoms with van der Waals surface area (Å²) in [4.78, 5) is 15.6. The summed E-state index contributed by atoms with van der Waals surface area (Å²) in [6, 6.07) is 0. The van der Waals surface area contributed by atoms with Gasteiger partial charge in [-0.1, -0.05) is 20.8 Å². The first-order valence-electron chi connectivity index (χ1n) is 9.39. The highest BCUT2D eigenvalue weighted by Crippen LogP contribution is 2.19. The number of aromatic nitrogens is 1. The Hall–Kier alpha value is -0.410. The van der Waals surface area contributed by atoms with E-state index in [4.69, 9.17) is 4.99 Å². The van der Waals surface area contributed by atoms with Crippen molar-refractivity contribution >= 4 is 41.3 Å². The zero-order valence-corrected chi connectivity index (χ0v) is 19.3. The van der Waals surface area contributed by atoms with Gasteiger partial charge >= 0.3 is 0 Å². The molecule has 1 aliphatic heterocycles. The van der Waals surface area contributed by atoms with Crippen molar-refractivity contribution in [3.63, 3.8) is 0 Å². The first kappa shape index (κ1) is 22.6. The molecule has 2 rings (SSSR count). The van der Waals surface area contributed by atoms with Crippen LogP contribution in [0.5, 0.6) is 0 Å². The van der Waals surface area contributed by atoms with Crippen LogP contribution in [0.1, 0.15) is 44.0 Å². The molecular formula is C18H34IN5S. The molecule has 0 radical (unpaired) electrons. The standard InChI is InChI=1S/C18H33N5S.HI/c1-5-16-11-20-17(24-16)12-21-18(19-6-2)23-10-9-15(14-23)13-22(7-3)8-4;/h11,15H,5-10,12-14H2,1-4H3,(H,19,21);1H. The fourth-order valence-corrected chi connectivity index (χ4v) is 3.96. The maximum absolute atomic E-state index is 4.83. The molecule has 25 heavy (non-hydrogen) atoms. The van der Waals surface area contributed by atoms with Crippen molar-refractivity contribution in [1.29, 1.82) is 0 Å². The summed E-state index contributed by atoms with van der Waals surface area (Å²) in [5.41, 5.74) is 0. The number of rotatable bonds is 8. The summed E-state index contributed by atoms with van der Waals surface area (Å²) in [5, 5.41) is 4.57. The van der Waals surface area contributed by atoms with Crippen molar-refractivity contribution in [2.24, 2.45) is 10.9 Å². The molecule has 0 amide bonds. The van der Waals surface area contributed by atoms with Crippen LogP contribution >= 0.6 is 35.3 Å².